The minimum Gasteiger partial charge on any atom is -0.315 e. The Morgan fingerprint density at radius 3 is 3.15 bits per heavy atom. The number of terminal acetylenes is 1. The Bertz CT molecular complexity index is 357. The molecule has 0 saturated carbocycles. The van der Waals surface area contributed by atoms with Crippen molar-refractivity contribution in [3.05, 3.63) is 18.3 Å². The molecular weight excluding hydrogens is 184 g/mol. The van der Waals surface area contributed by atoms with Gasteiger partial charge in [-0.05, 0) is 24.3 Å². The molecule has 0 fully saturated rings. The molecule has 0 aliphatic heterocycles. The van der Waals surface area contributed by atoms with E-state index in [-0.39, 0.29) is 0 Å². The van der Waals surface area contributed by atoms with Gasteiger partial charge in [0.1, 0.15) is 0 Å². The van der Waals surface area contributed by atoms with E-state index >= 15 is 0 Å². The SMILES string of the molecule is C#CC(=O)Nc1ccnc(SC)c1. The molecule has 0 unspecified atom stereocenters. The number of amides is 1. The average Bonchev–Trinajstić information content (AvgIpc) is 2.18. The number of nitrogens with zero attached hydrogens (tertiary/aromatic N) is 1. The van der Waals surface area contributed by atoms with Gasteiger partial charge in [0.25, 0.3) is 5.91 Å². The molecule has 66 valence electrons. The third kappa shape index (κ3) is 2.80. The second kappa shape index (κ2) is 4.53. The van der Waals surface area contributed by atoms with Crippen molar-refractivity contribution in [2.45, 2.75) is 5.03 Å². The number of hydrogen-bond donors (Lipinski definition) is 1. The van der Waals surface area contributed by atoms with E-state index in [2.05, 4.69) is 10.3 Å². The molecule has 1 heterocycles. The van der Waals surface area contributed by atoms with Crippen LogP contribution in [-0.4, -0.2) is 17.1 Å². The number of carbonyl (C=O) groups excluding carboxylic acids is 1. The van der Waals surface area contributed by atoms with E-state index in [9.17, 15) is 4.79 Å². The predicted octanol–water partition coefficient (Wildman–Crippen LogP) is 1.38. The van der Waals surface area contributed by atoms with E-state index < -0.39 is 5.91 Å². The molecule has 13 heavy (non-hydrogen) atoms. The summed E-state index contributed by atoms with van der Waals surface area (Å²) in [6.45, 7) is 0. The van der Waals surface area contributed by atoms with E-state index in [4.69, 9.17) is 6.42 Å². The van der Waals surface area contributed by atoms with Crippen LogP contribution < -0.4 is 5.32 Å². The summed E-state index contributed by atoms with van der Waals surface area (Å²) < 4.78 is 0. The third-order valence-electron chi connectivity index (χ3n) is 1.33. The van der Waals surface area contributed by atoms with E-state index in [1.54, 1.807) is 18.3 Å². The first-order chi connectivity index (χ1) is 6.26. The van der Waals surface area contributed by atoms with Crippen molar-refractivity contribution in [1.82, 2.24) is 4.98 Å². The van der Waals surface area contributed by atoms with E-state index in [0.717, 1.165) is 5.03 Å². The highest BCUT2D eigenvalue weighted by atomic mass is 32.2. The molecule has 1 aromatic rings. The molecule has 3 nitrogen and oxygen atoms in total. The third-order valence-corrected chi connectivity index (χ3v) is 1.97. The normalized spacial score (nSPS) is 8.92. The van der Waals surface area contributed by atoms with Crippen molar-refractivity contribution in [2.75, 3.05) is 11.6 Å². The number of anilines is 1. The maximum atomic E-state index is 10.8. The van der Waals surface area contributed by atoms with Gasteiger partial charge >= 0.3 is 0 Å². The van der Waals surface area contributed by atoms with Gasteiger partial charge in [-0.2, -0.15) is 0 Å². The molecule has 1 aromatic heterocycles. The fraction of sp³-hybridized carbons (Fsp3) is 0.111. The monoisotopic (exact) mass is 192 g/mol. The van der Waals surface area contributed by atoms with Crippen molar-refractivity contribution < 1.29 is 4.79 Å². The lowest BCUT2D eigenvalue weighted by Gasteiger charge is -2.01. The van der Waals surface area contributed by atoms with Crippen molar-refractivity contribution in [2.24, 2.45) is 0 Å². The van der Waals surface area contributed by atoms with Crippen LogP contribution in [0.25, 0.3) is 0 Å². The van der Waals surface area contributed by atoms with Gasteiger partial charge in [-0.3, -0.25) is 4.79 Å². The first-order valence-corrected chi connectivity index (χ1v) is 4.76. The number of thioether (sulfide) groups is 1. The standard InChI is InChI=1S/C9H8N2OS/c1-3-8(12)11-7-4-5-10-9(6-7)13-2/h1,4-6H,2H3,(H,10,11,12). The average molecular weight is 192 g/mol. The molecule has 0 spiro atoms. The second-order valence-corrected chi connectivity index (χ2v) is 3.01. The summed E-state index contributed by atoms with van der Waals surface area (Å²) in [7, 11) is 0. The van der Waals surface area contributed by atoms with E-state index in [1.165, 1.54) is 11.8 Å². The minimum absolute atomic E-state index is 0.446. The molecule has 0 aliphatic rings. The first kappa shape index (κ1) is 9.62. The Morgan fingerprint density at radius 2 is 2.54 bits per heavy atom. The van der Waals surface area contributed by atoms with Crippen molar-refractivity contribution >= 4 is 23.4 Å². The second-order valence-electron chi connectivity index (χ2n) is 2.19. The minimum atomic E-state index is -0.446. The van der Waals surface area contributed by atoms with Crippen LogP contribution >= 0.6 is 11.8 Å². The fourth-order valence-corrected chi connectivity index (χ4v) is 1.18. The summed E-state index contributed by atoms with van der Waals surface area (Å²) in [5.74, 6) is 1.53. The van der Waals surface area contributed by atoms with Gasteiger partial charge in [-0.1, -0.05) is 0 Å². The Hall–Kier alpha value is -1.47. The smallest absolute Gasteiger partial charge is 0.300 e. The molecule has 0 bridgehead atoms. The topological polar surface area (TPSA) is 42.0 Å². The van der Waals surface area contributed by atoms with Crippen LogP contribution in [0.2, 0.25) is 0 Å². The van der Waals surface area contributed by atoms with Crippen LogP contribution in [-0.2, 0) is 4.79 Å². The van der Waals surface area contributed by atoms with Crippen LogP contribution in [0.5, 0.6) is 0 Å². The zero-order valence-electron chi connectivity index (χ0n) is 7.07. The lowest BCUT2D eigenvalue weighted by molar-refractivity contribution is -0.111. The Balaban J connectivity index is 2.79. The molecule has 4 heteroatoms. The lowest BCUT2D eigenvalue weighted by atomic mass is 10.4. The molecule has 0 aromatic carbocycles. The number of rotatable bonds is 2. The number of aromatic nitrogens is 1. The van der Waals surface area contributed by atoms with Gasteiger partial charge in [0.2, 0.25) is 0 Å². The Kier molecular flexibility index (Phi) is 3.35. The molecule has 0 aliphatic carbocycles. The molecule has 0 atom stereocenters. The highest BCUT2D eigenvalue weighted by molar-refractivity contribution is 7.98. The fourth-order valence-electron chi connectivity index (χ4n) is 0.766. The zero-order chi connectivity index (χ0) is 9.68. The molecule has 0 saturated heterocycles. The van der Waals surface area contributed by atoms with Crippen molar-refractivity contribution in [1.29, 1.82) is 0 Å². The van der Waals surface area contributed by atoms with Crippen LogP contribution in [0, 0.1) is 12.3 Å². The maximum absolute atomic E-state index is 10.8. The summed E-state index contributed by atoms with van der Waals surface area (Å²) >= 11 is 1.50. The van der Waals surface area contributed by atoms with Gasteiger partial charge < -0.3 is 5.32 Å². The number of pyridine rings is 1. The number of nitrogens with one attached hydrogen (secondary N) is 1. The van der Waals surface area contributed by atoms with Crippen molar-refractivity contribution in [3.63, 3.8) is 0 Å². The largest absolute Gasteiger partial charge is 0.315 e. The van der Waals surface area contributed by atoms with Crippen molar-refractivity contribution in [3.8, 4) is 12.3 Å². The van der Waals surface area contributed by atoms with E-state index in [1.807, 2.05) is 12.2 Å². The van der Waals surface area contributed by atoms with Gasteiger partial charge in [-0.25, -0.2) is 4.98 Å². The van der Waals surface area contributed by atoms with Crippen LogP contribution in [0.1, 0.15) is 0 Å². The van der Waals surface area contributed by atoms with Gasteiger partial charge in [0, 0.05) is 11.9 Å². The van der Waals surface area contributed by atoms with Gasteiger partial charge in [-0.15, -0.1) is 18.2 Å². The highest BCUT2D eigenvalue weighted by Crippen LogP contribution is 2.15. The van der Waals surface area contributed by atoms with Gasteiger partial charge in [0.05, 0.1) is 5.03 Å². The summed E-state index contributed by atoms with van der Waals surface area (Å²) in [6, 6.07) is 3.45. The summed E-state index contributed by atoms with van der Waals surface area (Å²) in [4.78, 5) is 14.9. The van der Waals surface area contributed by atoms with Gasteiger partial charge in [0.15, 0.2) is 0 Å². The quantitative estimate of drug-likeness (QED) is 0.568. The zero-order valence-corrected chi connectivity index (χ0v) is 7.89. The maximum Gasteiger partial charge on any atom is 0.300 e. The molecule has 1 rings (SSSR count). The number of carbonyl (C=O) groups is 1. The molecule has 1 N–H and O–H groups in total. The van der Waals surface area contributed by atoms with Crippen LogP contribution in [0.15, 0.2) is 23.4 Å². The summed E-state index contributed by atoms with van der Waals surface area (Å²) in [5, 5.41) is 3.38. The highest BCUT2D eigenvalue weighted by Gasteiger charge is 1.98. The molecular formula is C9H8N2OS. The Labute approximate surface area is 80.9 Å². The Morgan fingerprint density at radius 1 is 1.77 bits per heavy atom. The van der Waals surface area contributed by atoms with Crippen LogP contribution in [0.4, 0.5) is 5.69 Å². The lowest BCUT2D eigenvalue weighted by Crippen LogP contribution is -2.07. The predicted molar refractivity (Wildman–Crippen MR) is 53.5 cm³/mol. The number of hydrogen-bond acceptors (Lipinski definition) is 3. The summed E-state index contributed by atoms with van der Waals surface area (Å²) in [6.07, 6.45) is 8.44. The van der Waals surface area contributed by atoms with E-state index in [0.29, 0.717) is 5.69 Å². The summed E-state index contributed by atoms with van der Waals surface area (Å²) in [5.41, 5.74) is 0.669. The molecule has 1 amide bonds. The first-order valence-electron chi connectivity index (χ1n) is 3.54. The molecule has 0 radical (unpaired) electrons. The van der Waals surface area contributed by atoms with Crippen LogP contribution in [0.3, 0.4) is 0 Å².